The average Bonchev–Trinajstić information content (AvgIpc) is 3.05. The summed E-state index contributed by atoms with van der Waals surface area (Å²) >= 11 is 0. The summed E-state index contributed by atoms with van der Waals surface area (Å²) in [7, 11) is 4.88. The van der Waals surface area contributed by atoms with Gasteiger partial charge in [0.15, 0.2) is 6.10 Å². The third kappa shape index (κ3) is 4.15. The highest BCUT2D eigenvalue weighted by atomic mass is 16.7. The molecule has 8 nitrogen and oxygen atoms in total. The molecule has 44 heavy (non-hydrogen) atoms. The molecule has 8 heteroatoms. The monoisotopic (exact) mass is 594 g/mol. The van der Waals surface area contributed by atoms with Gasteiger partial charge in [0.05, 0.1) is 27.2 Å². The van der Waals surface area contributed by atoms with Gasteiger partial charge in [0.25, 0.3) is 0 Å². The van der Waals surface area contributed by atoms with Gasteiger partial charge in [-0.15, -0.1) is 0 Å². The zero-order valence-corrected chi connectivity index (χ0v) is 25.3. The molecule has 4 atom stereocenters. The van der Waals surface area contributed by atoms with Crippen LogP contribution >= 0.6 is 0 Å². The summed E-state index contributed by atoms with van der Waals surface area (Å²) in [4.78, 5) is 12.9. The van der Waals surface area contributed by atoms with Crippen molar-refractivity contribution in [1.29, 1.82) is 0 Å². The molecule has 7 rings (SSSR count). The van der Waals surface area contributed by atoms with Gasteiger partial charge in [0, 0.05) is 46.9 Å². The molecule has 3 heterocycles. The highest BCUT2D eigenvalue weighted by Gasteiger charge is 2.62. The Kier molecular flexibility index (Phi) is 6.80. The fourth-order valence-corrected chi connectivity index (χ4v) is 6.97. The Balaban J connectivity index is 1.56. The highest BCUT2D eigenvalue weighted by molar-refractivity contribution is 5.72. The maximum atomic E-state index is 12.9. The van der Waals surface area contributed by atoms with Crippen LogP contribution in [0.5, 0.6) is 34.5 Å². The van der Waals surface area contributed by atoms with Gasteiger partial charge >= 0.3 is 11.8 Å². The third-order valence-electron chi connectivity index (χ3n) is 8.85. The second kappa shape index (κ2) is 10.7. The Morgan fingerprint density at radius 1 is 0.841 bits per heavy atom. The molecule has 0 amide bonds. The largest absolute Gasteiger partial charge is 0.496 e. The molecular weight excluding hydrogens is 560 g/mol. The number of benzene rings is 4. The molecule has 2 bridgehead atoms. The van der Waals surface area contributed by atoms with Crippen molar-refractivity contribution in [2.24, 2.45) is 0 Å². The van der Waals surface area contributed by atoms with Gasteiger partial charge in [-0.1, -0.05) is 60.7 Å². The molecule has 0 saturated carbocycles. The Morgan fingerprint density at radius 3 is 2.11 bits per heavy atom. The van der Waals surface area contributed by atoms with E-state index in [9.17, 15) is 4.79 Å². The number of ether oxygens (including phenoxy) is 7. The van der Waals surface area contributed by atoms with Gasteiger partial charge in [-0.3, -0.25) is 4.79 Å². The number of hydrogen-bond donors (Lipinski definition) is 0. The van der Waals surface area contributed by atoms with Crippen LogP contribution in [0.2, 0.25) is 0 Å². The first-order valence-corrected chi connectivity index (χ1v) is 14.7. The lowest BCUT2D eigenvalue weighted by molar-refractivity contribution is -0.232. The minimum atomic E-state index is -1.53. The maximum absolute atomic E-state index is 12.9. The summed E-state index contributed by atoms with van der Waals surface area (Å²) in [6, 6.07) is 23.4. The van der Waals surface area contributed by atoms with Crippen LogP contribution in [0.4, 0.5) is 0 Å². The standard InChI is InChI=1S/C36H34O8/c1-20-26(38-3)18-28-30(33(20)40-5)32-31-29(44-36(43-28,35(32)41-21(2)37)23-14-10-7-11-15-23)19-27(39-4)24-16-17-25(42-34(24)31)22-12-8-6-9-13-22/h6-15,18-19,25,32,35H,16-17H2,1-5H3/t25-,32-,35-,36+/m0/s1. The summed E-state index contributed by atoms with van der Waals surface area (Å²) in [6.45, 7) is 3.33. The van der Waals surface area contributed by atoms with E-state index in [1.54, 1.807) is 21.3 Å². The molecule has 0 fully saturated rings. The van der Waals surface area contributed by atoms with Crippen molar-refractivity contribution in [3.63, 3.8) is 0 Å². The number of fused-ring (bicyclic) bond motifs is 8. The summed E-state index contributed by atoms with van der Waals surface area (Å²) in [5.41, 5.74) is 4.98. The van der Waals surface area contributed by atoms with E-state index in [0.29, 0.717) is 40.1 Å². The maximum Gasteiger partial charge on any atom is 0.316 e. The van der Waals surface area contributed by atoms with E-state index in [2.05, 4.69) is 12.1 Å². The molecule has 0 saturated heterocycles. The normalized spacial score (nSPS) is 22.5. The van der Waals surface area contributed by atoms with Crippen molar-refractivity contribution in [1.82, 2.24) is 0 Å². The molecule has 0 aliphatic carbocycles. The lowest BCUT2D eigenvalue weighted by Gasteiger charge is -2.51. The number of carbonyl (C=O) groups excluding carboxylic acids is 1. The fraction of sp³-hybridized carbons (Fsp3) is 0.306. The van der Waals surface area contributed by atoms with Crippen LogP contribution in [0.1, 0.15) is 58.7 Å². The van der Waals surface area contributed by atoms with Crippen LogP contribution < -0.4 is 28.4 Å². The Morgan fingerprint density at radius 2 is 1.48 bits per heavy atom. The summed E-state index contributed by atoms with van der Waals surface area (Å²) < 4.78 is 44.6. The third-order valence-corrected chi connectivity index (χ3v) is 8.85. The van der Waals surface area contributed by atoms with Crippen molar-refractivity contribution >= 4 is 5.97 Å². The summed E-state index contributed by atoms with van der Waals surface area (Å²) in [5, 5.41) is 0. The van der Waals surface area contributed by atoms with Gasteiger partial charge in [0.2, 0.25) is 0 Å². The molecule has 226 valence electrons. The van der Waals surface area contributed by atoms with Crippen molar-refractivity contribution in [2.75, 3.05) is 21.3 Å². The van der Waals surface area contributed by atoms with Gasteiger partial charge in [0.1, 0.15) is 40.6 Å². The predicted octanol–water partition coefficient (Wildman–Crippen LogP) is 6.79. The van der Waals surface area contributed by atoms with Gasteiger partial charge in [-0.25, -0.2) is 0 Å². The Bertz CT molecular complexity index is 1730. The van der Waals surface area contributed by atoms with Crippen molar-refractivity contribution < 1.29 is 38.0 Å². The van der Waals surface area contributed by atoms with Gasteiger partial charge < -0.3 is 33.2 Å². The molecule has 4 aromatic carbocycles. The molecule has 3 aliphatic rings. The SMILES string of the molecule is COc1cc2c(c(OC)c1C)[C@H]1c3c(cc(OC)c4c3O[C@H](c3ccccc3)CC4)O[C@@](c3ccccc3)(O2)[C@H]1OC(C)=O. The molecule has 0 spiro atoms. The molecule has 0 aromatic heterocycles. The van der Waals surface area contributed by atoms with Crippen LogP contribution in [0.25, 0.3) is 0 Å². The average molecular weight is 595 g/mol. The van der Waals surface area contributed by atoms with Gasteiger partial charge in [-0.05, 0) is 25.3 Å². The fourth-order valence-electron chi connectivity index (χ4n) is 6.97. The molecule has 0 radical (unpaired) electrons. The smallest absolute Gasteiger partial charge is 0.316 e. The number of esters is 1. The lowest BCUT2D eigenvalue weighted by atomic mass is 9.73. The first-order chi connectivity index (χ1) is 21.4. The van der Waals surface area contributed by atoms with E-state index in [4.69, 9.17) is 33.2 Å². The number of hydrogen-bond acceptors (Lipinski definition) is 8. The first-order valence-electron chi connectivity index (χ1n) is 14.7. The van der Waals surface area contributed by atoms with Crippen molar-refractivity contribution in [3.05, 3.63) is 106 Å². The van der Waals surface area contributed by atoms with Crippen LogP contribution in [0, 0.1) is 6.92 Å². The predicted molar refractivity (Wildman–Crippen MR) is 162 cm³/mol. The van der Waals surface area contributed by atoms with Crippen molar-refractivity contribution in [2.45, 2.75) is 50.6 Å². The van der Waals surface area contributed by atoms with E-state index in [1.165, 1.54) is 6.92 Å². The second-order valence-electron chi connectivity index (χ2n) is 11.2. The van der Waals surface area contributed by atoms with E-state index in [1.807, 2.05) is 67.6 Å². The number of methoxy groups -OCH3 is 3. The zero-order chi connectivity index (χ0) is 30.6. The lowest BCUT2D eigenvalue weighted by Crippen LogP contribution is -2.59. The number of rotatable bonds is 6. The second-order valence-corrected chi connectivity index (χ2v) is 11.2. The van der Waals surface area contributed by atoms with Crippen LogP contribution in [-0.4, -0.2) is 33.4 Å². The summed E-state index contributed by atoms with van der Waals surface area (Å²) in [6.07, 6.45) is 0.384. The zero-order valence-electron chi connectivity index (χ0n) is 25.3. The molecular formula is C36H34O8. The van der Waals surface area contributed by atoms with E-state index in [0.717, 1.165) is 40.7 Å². The highest BCUT2D eigenvalue weighted by Crippen LogP contribution is 2.63. The molecule has 3 aliphatic heterocycles. The molecule has 0 N–H and O–H groups in total. The van der Waals surface area contributed by atoms with E-state index >= 15 is 0 Å². The molecule has 0 unspecified atom stereocenters. The minimum Gasteiger partial charge on any atom is -0.496 e. The van der Waals surface area contributed by atoms with Crippen LogP contribution in [-0.2, 0) is 21.7 Å². The first kappa shape index (κ1) is 28.0. The van der Waals surface area contributed by atoms with E-state index < -0.39 is 23.8 Å². The van der Waals surface area contributed by atoms with Crippen molar-refractivity contribution in [3.8, 4) is 34.5 Å². The summed E-state index contributed by atoms with van der Waals surface area (Å²) in [5.74, 6) is 0.952. The Labute approximate surface area is 256 Å². The quantitative estimate of drug-likeness (QED) is 0.226. The van der Waals surface area contributed by atoms with Crippen LogP contribution in [0.15, 0.2) is 72.8 Å². The topological polar surface area (TPSA) is 81.7 Å². The molecule has 4 aromatic rings. The van der Waals surface area contributed by atoms with E-state index in [-0.39, 0.29) is 6.10 Å². The van der Waals surface area contributed by atoms with Crippen LogP contribution in [0.3, 0.4) is 0 Å². The Hall–Kier alpha value is -4.85. The minimum absolute atomic E-state index is 0.188. The van der Waals surface area contributed by atoms with Gasteiger partial charge in [-0.2, -0.15) is 0 Å². The number of carbonyl (C=O) groups is 1.